The van der Waals surface area contributed by atoms with Crippen LogP contribution >= 0.6 is 0 Å². The van der Waals surface area contributed by atoms with Gasteiger partial charge in [0.25, 0.3) is 0 Å². The van der Waals surface area contributed by atoms with Gasteiger partial charge in [0.05, 0.1) is 24.0 Å². The van der Waals surface area contributed by atoms with E-state index in [-0.39, 0.29) is 24.0 Å². The van der Waals surface area contributed by atoms with Gasteiger partial charge < -0.3 is 5.32 Å². The largest absolute Gasteiger partial charge is 0.309 e. The summed E-state index contributed by atoms with van der Waals surface area (Å²) in [7, 11) is 0. The molecule has 1 N–H and O–H groups in total. The van der Waals surface area contributed by atoms with Gasteiger partial charge in [-0.25, -0.2) is 18.7 Å². The fourth-order valence-electron chi connectivity index (χ4n) is 4.25. The van der Waals surface area contributed by atoms with Crippen LogP contribution in [0.1, 0.15) is 49.8 Å². The molecule has 0 atom stereocenters. The number of nitrogens with zero attached hydrogens (tertiary/aromatic N) is 2. The minimum absolute atomic E-state index is 0.129. The van der Waals surface area contributed by atoms with Gasteiger partial charge >= 0.3 is 0 Å². The van der Waals surface area contributed by atoms with Crippen LogP contribution in [-0.4, -0.2) is 15.9 Å². The average Bonchev–Trinajstić information content (AvgIpc) is 2.81. The first kappa shape index (κ1) is 22.1. The van der Waals surface area contributed by atoms with E-state index in [1.807, 2.05) is 0 Å². The number of anilines is 1. The summed E-state index contributed by atoms with van der Waals surface area (Å²) < 4.78 is 26.4. The van der Waals surface area contributed by atoms with E-state index in [1.54, 1.807) is 30.5 Å². The third-order valence-corrected chi connectivity index (χ3v) is 6.03. The van der Waals surface area contributed by atoms with Crippen molar-refractivity contribution in [1.29, 1.82) is 0 Å². The van der Waals surface area contributed by atoms with Crippen molar-refractivity contribution in [3.05, 3.63) is 77.6 Å². The van der Waals surface area contributed by atoms with Crippen LogP contribution in [0.25, 0.3) is 11.3 Å². The quantitative estimate of drug-likeness (QED) is 0.487. The Morgan fingerprint density at radius 1 is 0.938 bits per heavy atom. The Morgan fingerprint density at radius 2 is 1.59 bits per heavy atom. The minimum atomic E-state index is -0.332. The molecule has 1 aliphatic rings. The van der Waals surface area contributed by atoms with Crippen LogP contribution in [0, 0.1) is 17.6 Å². The van der Waals surface area contributed by atoms with Gasteiger partial charge in [-0.15, -0.1) is 0 Å². The first-order chi connectivity index (χ1) is 15.6. The summed E-state index contributed by atoms with van der Waals surface area (Å²) in [5.74, 6) is 0.270. The number of halogens is 2. The molecular weight excluding hydrogens is 408 g/mol. The number of nitrogens with one attached hydrogen (secondary N) is 1. The summed E-state index contributed by atoms with van der Waals surface area (Å²) >= 11 is 0. The summed E-state index contributed by atoms with van der Waals surface area (Å²) in [6.45, 7) is 0. The third-order valence-electron chi connectivity index (χ3n) is 6.03. The van der Waals surface area contributed by atoms with Crippen LogP contribution in [0.3, 0.4) is 0 Å². The highest BCUT2D eigenvalue weighted by atomic mass is 19.1. The SMILES string of the molecule is O=C(Cc1ccc(F)cc1)Nc1ncc(-c2ccc(F)cc2)nc1CCC1CCCCC1. The van der Waals surface area contributed by atoms with E-state index in [2.05, 4.69) is 10.3 Å². The second kappa shape index (κ2) is 10.4. The molecule has 3 aromatic rings. The molecule has 0 spiro atoms. The van der Waals surface area contributed by atoms with Crippen LogP contribution in [0.2, 0.25) is 0 Å². The summed E-state index contributed by atoms with van der Waals surface area (Å²) in [5, 5.41) is 2.88. The maximum atomic E-state index is 13.3. The van der Waals surface area contributed by atoms with Gasteiger partial charge in [-0.05, 0) is 60.7 Å². The van der Waals surface area contributed by atoms with Crippen LogP contribution in [-0.2, 0) is 17.6 Å². The third kappa shape index (κ3) is 5.96. The lowest BCUT2D eigenvalue weighted by Gasteiger charge is -2.21. The predicted molar refractivity (Wildman–Crippen MR) is 121 cm³/mol. The average molecular weight is 436 g/mol. The Bertz CT molecular complexity index is 1050. The second-order valence-electron chi connectivity index (χ2n) is 8.45. The van der Waals surface area contributed by atoms with Crippen molar-refractivity contribution in [2.24, 2.45) is 5.92 Å². The number of carbonyl (C=O) groups excluding carboxylic acids is 1. The molecule has 0 radical (unpaired) electrons. The fourth-order valence-corrected chi connectivity index (χ4v) is 4.25. The highest BCUT2D eigenvalue weighted by molar-refractivity contribution is 5.91. The number of aromatic nitrogens is 2. The molecule has 4 rings (SSSR count). The molecule has 6 heteroatoms. The van der Waals surface area contributed by atoms with Gasteiger partial charge in [0.15, 0.2) is 5.82 Å². The van der Waals surface area contributed by atoms with E-state index in [0.29, 0.717) is 17.4 Å². The first-order valence-corrected chi connectivity index (χ1v) is 11.2. The Balaban J connectivity index is 1.52. The van der Waals surface area contributed by atoms with Gasteiger partial charge in [0.1, 0.15) is 11.6 Å². The molecule has 2 aromatic carbocycles. The monoisotopic (exact) mass is 435 g/mol. The van der Waals surface area contributed by atoms with E-state index in [1.165, 1.54) is 56.4 Å². The molecule has 1 aliphatic carbocycles. The van der Waals surface area contributed by atoms with E-state index < -0.39 is 0 Å². The molecule has 166 valence electrons. The van der Waals surface area contributed by atoms with Crippen molar-refractivity contribution in [2.75, 3.05) is 5.32 Å². The van der Waals surface area contributed by atoms with E-state index >= 15 is 0 Å². The molecule has 0 bridgehead atoms. The zero-order valence-electron chi connectivity index (χ0n) is 18.0. The molecule has 1 fully saturated rings. The summed E-state index contributed by atoms with van der Waals surface area (Å²) in [6, 6.07) is 12.0. The Hall–Kier alpha value is -3.15. The highest BCUT2D eigenvalue weighted by Gasteiger charge is 2.17. The Morgan fingerprint density at radius 3 is 2.28 bits per heavy atom. The minimum Gasteiger partial charge on any atom is -0.309 e. The normalized spacial score (nSPS) is 14.3. The van der Waals surface area contributed by atoms with Crippen LogP contribution in [0.4, 0.5) is 14.6 Å². The lowest BCUT2D eigenvalue weighted by atomic mass is 9.86. The number of hydrogen-bond acceptors (Lipinski definition) is 3. The molecule has 0 unspecified atom stereocenters. The molecule has 1 saturated carbocycles. The predicted octanol–water partition coefficient (Wildman–Crippen LogP) is 6.12. The molecule has 32 heavy (non-hydrogen) atoms. The van der Waals surface area contributed by atoms with Crippen molar-refractivity contribution in [3.63, 3.8) is 0 Å². The molecule has 1 amide bonds. The fraction of sp³-hybridized carbons (Fsp3) is 0.346. The molecule has 1 aromatic heterocycles. The van der Waals surface area contributed by atoms with Gasteiger partial charge in [0.2, 0.25) is 5.91 Å². The van der Waals surface area contributed by atoms with Crippen molar-refractivity contribution in [1.82, 2.24) is 9.97 Å². The van der Waals surface area contributed by atoms with Crippen LogP contribution < -0.4 is 5.32 Å². The molecule has 0 aliphatic heterocycles. The summed E-state index contributed by atoms with van der Waals surface area (Å²) in [6.07, 6.45) is 9.77. The van der Waals surface area contributed by atoms with Gasteiger partial charge in [-0.1, -0.05) is 44.2 Å². The van der Waals surface area contributed by atoms with Crippen molar-refractivity contribution < 1.29 is 13.6 Å². The first-order valence-electron chi connectivity index (χ1n) is 11.2. The zero-order chi connectivity index (χ0) is 22.3. The smallest absolute Gasteiger partial charge is 0.229 e. The van der Waals surface area contributed by atoms with Crippen molar-refractivity contribution in [3.8, 4) is 11.3 Å². The maximum absolute atomic E-state index is 13.3. The molecule has 0 saturated heterocycles. The van der Waals surface area contributed by atoms with Gasteiger partial charge in [-0.2, -0.15) is 0 Å². The summed E-state index contributed by atoms with van der Waals surface area (Å²) in [4.78, 5) is 21.9. The lowest BCUT2D eigenvalue weighted by molar-refractivity contribution is -0.115. The molecule has 1 heterocycles. The van der Waals surface area contributed by atoms with Crippen molar-refractivity contribution in [2.45, 2.75) is 51.4 Å². The standard InChI is InChI=1S/C26H27F2N3O/c27-21-11-6-19(7-12-21)16-25(32)31-26-23(15-8-18-4-2-1-3-5-18)30-24(17-29-26)20-9-13-22(28)14-10-20/h6-7,9-14,17-18H,1-5,8,15-16H2,(H,29,31,32). The highest BCUT2D eigenvalue weighted by Crippen LogP contribution is 2.29. The zero-order valence-corrected chi connectivity index (χ0v) is 18.0. The van der Waals surface area contributed by atoms with E-state index in [0.717, 1.165) is 29.7 Å². The second-order valence-corrected chi connectivity index (χ2v) is 8.45. The number of aryl methyl sites for hydroxylation is 1. The number of benzene rings is 2. The van der Waals surface area contributed by atoms with Gasteiger partial charge in [-0.3, -0.25) is 4.79 Å². The van der Waals surface area contributed by atoms with Crippen LogP contribution in [0.5, 0.6) is 0 Å². The van der Waals surface area contributed by atoms with E-state index in [9.17, 15) is 13.6 Å². The number of amides is 1. The van der Waals surface area contributed by atoms with Crippen LogP contribution in [0.15, 0.2) is 54.7 Å². The topological polar surface area (TPSA) is 54.9 Å². The molecular formula is C26H27F2N3O. The lowest BCUT2D eigenvalue weighted by Crippen LogP contribution is -2.18. The summed E-state index contributed by atoms with van der Waals surface area (Å²) in [5.41, 5.74) is 2.90. The Labute approximate surface area is 187 Å². The number of rotatable bonds is 7. The number of carbonyl (C=O) groups is 1. The van der Waals surface area contributed by atoms with Crippen molar-refractivity contribution >= 4 is 11.7 Å². The number of hydrogen-bond donors (Lipinski definition) is 1. The van der Waals surface area contributed by atoms with Gasteiger partial charge in [0, 0.05) is 5.56 Å². The van der Waals surface area contributed by atoms with E-state index in [4.69, 9.17) is 4.98 Å². The molecule has 4 nitrogen and oxygen atoms in total. The Kier molecular flexibility index (Phi) is 7.20. The maximum Gasteiger partial charge on any atom is 0.229 e.